The average molecular weight is 377 g/mol. The van der Waals surface area contributed by atoms with Crippen LogP contribution >= 0.6 is 0 Å². The second-order valence-corrected chi connectivity index (χ2v) is 5.71. The summed E-state index contributed by atoms with van der Waals surface area (Å²) in [6, 6.07) is 5.26. The van der Waals surface area contributed by atoms with Crippen molar-refractivity contribution in [2.24, 2.45) is 5.73 Å². The first-order chi connectivity index (χ1) is 12.8. The first kappa shape index (κ1) is 19.8. The van der Waals surface area contributed by atoms with Gasteiger partial charge in [-0.05, 0) is 19.1 Å². The number of nitrogens with two attached hydrogens (primary N) is 1. The molecule has 144 valence electrons. The van der Waals surface area contributed by atoms with E-state index in [-0.39, 0.29) is 18.2 Å². The molecule has 2 unspecified atom stereocenters. The first-order valence-corrected chi connectivity index (χ1v) is 7.93. The van der Waals surface area contributed by atoms with Crippen molar-refractivity contribution in [1.29, 1.82) is 0 Å². The fourth-order valence-electron chi connectivity index (χ4n) is 2.20. The van der Waals surface area contributed by atoms with Gasteiger partial charge in [0.1, 0.15) is 6.04 Å². The number of rotatable bonds is 8. The molecule has 0 aliphatic rings. The molecule has 0 aliphatic heterocycles. The van der Waals surface area contributed by atoms with Crippen LogP contribution in [-0.4, -0.2) is 50.5 Å². The molecule has 1 aromatic heterocycles. The Morgan fingerprint density at radius 3 is 2.41 bits per heavy atom. The highest BCUT2D eigenvalue weighted by Crippen LogP contribution is 2.22. The van der Waals surface area contributed by atoms with Crippen molar-refractivity contribution in [1.82, 2.24) is 20.8 Å². The van der Waals surface area contributed by atoms with Gasteiger partial charge in [-0.25, -0.2) is 9.59 Å². The molecule has 27 heavy (non-hydrogen) atoms. The highest BCUT2D eigenvalue weighted by Gasteiger charge is 2.28. The van der Waals surface area contributed by atoms with Crippen LogP contribution in [0, 0.1) is 0 Å². The number of hydrogen-bond donors (Lipinski definition) is 5. The van der Waals surface area contributed by atoms with Crippen LogP contribution in [0.15, 0.2) is 34.7 Å². The van der Waals surface area contributed by atoms with Crippen molar-refractivity contribution in [2.75, 3.05) is 0 Å². The highest BCUT2D eigenvalue weighted by molar-refractivity contribution is 5.83. The fraction of sp³-hybridized carbons (Fsp3) is 0.312. The van der Waals surface area contributed by atoms with Gasteiger partial charge in [-0.1, -0.05) is 18.2 Å². The van der Waals surface area contributed by atoms with E-state index in [9.17, 15) is 19.5 Å². The summed E-state index contributed by atoms with van der Waals surface area (Å²) >= 11 is 0. The van der Waals surface area contributed by atoms with E-state index in [4.69, 9.17) is 15.3 Å². The molecule has 0 aliphatic carbocycles. The molecule has 0 fully saturated rings. The Kier molecular flexibility index (Phi) is 6.44. The molecule has 11 nitrogen and oxygen atoms in total. The molecule has 1 aromatic carbocycles. The largest absolute Gasteiger partial charge is 0.480 e. The summed E-state index contributed by atoms with van der Waals surface area (Å²) in [5.74, 6) is -2.07. The predicted molar refractivity (Wildman–Crippen MR) is 91.1 cm³/mol. The molecular weight excluding hydrogens is 358 g/mol. The van der Waals surface area contributed by atoms with E-state index in [2.05, 4.69) is 20.8 Å². The van der Waals surface area contributed by atoms with Crippen molar-refractivity contribution in [3.05, 3.63) is 36.2 Å². The molecular formula is C16H19N5O6. The molecule has 2 rings (SSSR count). The smallest absolute Gasteiger partial charge is 0.328 e. The minimum Gasteiger partial charge on any atom is -0.480 e. The number of amides is 3. The molecule has 0 radical (unpaired) electrons. The van der Waals surface area contributed by atoms with E-state index >= 15 is 0 Å². The first-order valence-electron chi connectivity index (χ1n) is 7.93. The zero-order valence-electron chi connectivity index (χ0n) is 14.3. The number of carbonyl (C=O) groups is 3. The van der Waals surface area contributed by atoms with Crippen LogP contribution in [0.1, 0.15) is 25.3 Å². The lowest BCUT2D eigenvalue weighted by molar-refractivity contribution is -0.141. The third-order valence-corrected chi connectivity index (χ3v) is 3.51. The van der Waals surface area contributed by atoms with Crippen LogP contribution < -0.4 is 16.4 Å². The predicted octanol–water partition coefficient (Wildman–Crippen LogP) is -0.214. The Morgan fingerprint density at radius 2 is 1.85 bits per heavy atom. The number of nitrogens with zero attached hydrogens (tertiary/aromatic N) is 2. The van der Waals surface area contributed by atoms with Crippen LogP contribution in [0.4, 0.5) is 4.79 Å². The topological polar surface area (TPSA) is 181 Å². The van der Waals surface area contributed by atoms with E-state index < -0.39 is 36.1 Å². The van der Waals surface area contributed by atoms with Gasteiger partial charge < -0.3 is 31.0 Å². The molecule has 2 aromatic rings. The standard InChI is InChI=1S/C16H19N5O6/c1-8(22)12(15(24)25)19-16(26)18-10(7-11(17)23)14-21-20-13(27-14)9-5-3-2-4-6-9/h2-6,8,10,12,22H,7H2,1H3,(H2,17,23)(H,24,25)(H2,18,19,26)/t8?,10-,12?/m0/s1. The number of carboxylic acids is 1. The lowest BCUT2D eigenvalue weighted by atomic mass is 10.2. The third-order valence-electron chi connectivity index (χ3n) is 3.51. The van der Waals surface area contributed by atoms with E-state index in [0.29, 0.717) is 5.56 Å². The van der Waals surface area contributed by atoms with Crippen LogP contribution in [0.25, 0.3) is 11.5 Å². The molecule has 6 N–H and O–H groups in total. The number of aliphatic carboxylic acids is 1. The number of aromatic nitrogens is 2. The Bertz CT molecular complexity index is 807. The summed E-state index contributed by atoms with van der Waals surface area (Å²) in [4.78, 5) is 34.4. The summed E-state index contributed by atoms with van der Waals surface area (Å²) in [5.41, 5.74) is 5.83. The minimum absolute atomic E-state index is 0.0771. The number of nitrogens with one attached hydrogen (secondary N) is 2. The molecule has 0 bridgehead atoms. The van der Waals surface area contributed by atoms with Gasteiger partial charge in [-0.15, -0.1) is 10.2 Å². The molecule has 3 amide bonds. The summed E-state index contributed by atoms with van der Waals surface area (Å²) in [6.45, 7) is 1.21. The van der Waals surface area contributed by atoms with Crippen LogP contribution in [0.5, 0.6) is 0 Å². The van der Waals surface area contributed by atoms with Crippen molar-refractivity contribution in [3.8, 4) is 11.5 Å². The zero-order valence-corrected chi connectivity index (χ0v) is 14.3. The SMILES string of the molecule is CC(O)C(NC(=O)N[C@@H](CC(N)=O)c1nnc(-c2ccccc2)o1)C(=O)O. The fourth-order valence-corrected chi connectivity index (χ4v) is 2.20. The van der Waals surface area contributed by atoms with Gasteiger partial charge in [0.2, 0.25) is 17.7 Å². The van der Waals surface area contributed by atoms with Crippen molar-refractivity contribution < 1.29 is 29.0 Å². The van der Waals surface area contributed by atoms with Crippen molar-refractivity contribution >= 4 is 17.9 Å². The zero-order chi connectivity index (χ0) is 20.0. The normalized spacial score (nSPS) is 14.0. The van der Waals surface area contributed by atoms with Gasteiger partial charge in [0.05, 0.1) is 12.5 Å². The van der Waals surface area contributed by atoms with Crippen LogP contribution in [0.3, 0.4) is 0 Å². The summed E-state index contributed by atoms with van der Waals surface area (Å²) in [7, 11) is 0. The number of hydrogen-bond acceptors (Lipinski definition) is 7. The average Bonchev–Trinajstić information content (AvgIpc) is 3.09. The monoisotopic (exact) mass is 377 g/mol. The number of benzene rings is 1. The number of carbonyl (C=O) groups excluding carboxylic acids is 2. The van der Waals surface area contributed by atoms with Crippen molar-refractivity contribution in [2.45, 2.75) is 31.5 Å². The van der Waals surface area contributed by atoms with Gasteiger partial charge in [-0.3, -0.25) is 4.79 Å². The number of aliphatic hydroxyl groups excluding tert-OH is 1. The van der Waals surface area contributed by atoms with Gasteiger partial charge in [-0.2, -0.15) is 0 Å². The number of urea groups is 1. The second kappa shape index (κ2) is 8.76. The maximum atomic E-state index is 12.1. The summed E-state index contributed by atoms with van der Waals surface area (Å²) < 4.78 is 5.50. The van der Waals surface area contributed by atoms with Gasteiger partial charge in [0, 0.05) is 5.56 Å². The number of carboxylic acid groups (broad SMARTS) is 1. The Balaban J connectivity index is 2.16. The van der Waals surface area contributed by atoms with Gasteiger partial charge >= 0.3 is 12.0 Å². The highest BCUT2D eigenvalue weighted by atomic mass is 16.4. The maximum absolute atomic E-state index is 12.1. The van der Waals surface area contributed by atoms with Gasteiger partial charge in [0.15, 0.2) is 6.04 Å². The third kappa shape index (κ3) is 5.51. The lowest BCUT2D eigenvalue weighted by Crippen LogP contribution is -2.52. The molecule has 1 heterocycles. The number of primary amides is 1. The van der Waals surface area contributed by atoms with E-state index in [1.165, 1.54) is 6.92 Å². The van der Waals surface area contributed by atoms with E-state index in [0.717, 1.165) is 0 Å². The van der Waals surface area contributed by atoms with Gasteiger partial charge in [0.25, 0.3) is 0 Å². The minimum atomic E-state index is -1.54. The van der Waals surface area contributed by atoms with E-state index in [1.807, 2.05) is 6.07 Å². The Hall–Kier alpha value is -3.47. The van der Waals surface area contributed by atoms with Crippen LogP contribution in [-0.2, 0) is 9.59 Å². The summed E-state index contributed by atoms with van der Waals surface area (Å²) in [5, 5.41) is 30.5. The molecule has 0 spiro atoms. The van der Waals surface area contributed by atoms with Crippen LogP contribution in [0.2, 0.25) is 0 Å². The molecule has 0 saturated carbocycles. The Labute approximate surface area is 153 Å². The second-order valence-electron chi connectivity index (χ2n) is 5.71. The molecule has 3 atom stereocenters. The van der Waals surface area contributed by atoms with Crippen molar-refractivity contribution in [3.63, 3.8) is 0 Å². The maximum Gasteiger partial charge on any atom is 0.328 e. The lowest BCUT2D eigenvalue weighted by Gasteiger charge is -2.19. The van der Waals surface area contributed by atoms with E-state index in [1.54, 1.807) is 24.3 Å². The molecule has 0 saturated heterocycles. The Morgan fingerprint density at radius 1 is 1.19 bits per heavy atom. The molecule has 11 heteroatoms. The quantitative estimate of drug-likeness (QED) is 0.419. The number of aliphatic hydroxyl groups is 1. The summed E-state index contributed by atoms with van der Waals surface area (Å²) in [6.07, 6.45) is -1.69.